The summed E-state index contributed by atoms with van der Waals surface area (Å²) in [5.74, 6) is 1.62. The first-order chi connectivity index (χ1) is 5.13. The zero-order chi connectivity index (χ0) is 8.69. The molecule has 0 aromatic rings. The molecule has 4 heteroatoms. The Hall–Kier alpha value is -0.220. The molecule has 1 amide bonds. The van der Waals surface area contributed by atoms with E-state index in [1.165, 1.54) is 0 Å². The summed E-state index contributed by atoms with van der Waals surface area (Å²) in [6, 6.07) is 0.260. The molecule has 66 valence electrons. The highest BCUT2D eigenvalue weighted by Crippen LogP contribution is 2.04. The van der Waals surface area contributed by atoms with Crippen molar-refractivity contribution in [3.63, 3.8) is 0 Å². The summed E-state index contributed by atoms with van der Waals surface area (Å²) in [6.07, 6.45) is 1.48. The fourth-order valence-electron chi connectivity index (χ4n) is 0.544. The molecule has 4 N–H and O–H groups in total. The van der Waals surface area contributed by atoms with Gasteiger partial charge in [-0.15, -0.1) is 0 Å². The fourth-order valence-corrected chi connectivity index (χ4v) is 1.63. The molecule has 0 heterocycles. The Bertz CT molecular complexity index is 117. The van der Waals surface area contributed by atoms with Gasteiger partial charge >= 0.3 is 0 Å². The monoisotopic (exact) mass is 176 g/mol. The van der Waals surface area contributed by atoms with Crippen molar-refractivity contribution in [2.75, 3.05) is 11.5 Å². The van der Waals surface area contributed by atoms with Crippen molar-refractivity contribution in [2.24, 2.45) is 11.5 Å². The Labute approximate surface area is 71.9 Å². The standard InChI is InChI=1S/C7H16N2OS/c1-6(8)2-4-11-5-3-7(9)10/h6H,2-5,8H2,1H3,(H2,9,10). The zero-order valence-electron chi connectivity index (χ0n) is 6.88. The normalized spacial score (nSPS) is 12.9. The maximum atomic E-state index is 10.3. The van der Waals surface area contributed by atoms with E-state index in [4.69, 9.17) is 11.5 Å². The number of amides is 1. The van der Waals surface area contributed by atoms with Crippen molar-refractivity contribution in [1.29, 1.82) is 0 Å². The summed E-state index contributed by atoms with van der Waals surface area (Å²) in [5.41, 5.74) is 10.5. The molecule has 0 fully saturated rings. The van der Waals surface area contributed by atoms with Gasteiger partial charge < -0.3 is 11.5 Å². The number of thioether (sulfide) groups is 1. The van der Waals surface area contributed by atoms with E-state index in [1.54, 1.807) is 11.8 Å². The fraction of sp³-hybridized carbons (Fsp3) is 0.857. The molecule has 0 saturated carbocycles. The van der Waals surface area contributed by atoms with Gasteiger partial charge in [0.25, 0.3) is 0 Å². The highest BCUT2D eigenvalue weighted by atomic mass is 32.2. The molecule has 0 bridgehead atoms. The van der Waals surface area contributed by atoms with Crippen LogP contribution in [0.25, 0.3) is 0 Å². The van der Waals surface area contributed by atoms with Crippen LogP contribution in [0.2, 0.25) is 0 Å². The molecule has 1 unspecified atom stereocenters. The van der Waals surface area contributed by atoms with E-state index in [2.05, 4.69) is 0 Å². The second kappa shape index (κ2) is 6.49. The predicted molar refractivity (Wildman–Crippen MR) is 49.4 cm³/mol. The zero-order valence-corrected chi connectivity index (χ0v) is 7.69. The Balaban J connectivity index is 2.97. The first-order valence-corrected chi connectivity index (χ1v) is 4.90. The number of nitrogens with two attached hydrogens (primary N) is 2. The first-order valence-electron chi connectivity index (χ1n) is 3.74. The summed E-state index contributed by atoms with van der Waals surface area (Å²) >= 11 is 1.73. The average molecular weight is 176 g/mol. The second-order valence-electron chi connectivity index (χ2n) is 2.59. The lowest BCUT2D eigenvalue weighted by molar-refractivity contribution is -0.117. The predicted octanol–water partition coefficient (Wildman–Crippen LogP) is 0.332. The van der Waals surface area contributed by atoms with Crippen molar-refractivity contribution in [1.82, 2.24) is 0 Å². The van der Waals surface area contributed by atoms with Gasteiger partial charge in [-0.2, -0.15) is 11.8 Å². The minimum Gasteiger partial charge on any atom is -0.370 e. The minimum absolute atomic E-state index is 0.224. The van der Waals surface area contributed by atoms with Crippen LogP contribution in [0.1, 0.15) is 19.8 Å². The molecule has 0 rings (SSSR count). The summed E-state index contributed by atoms with van der Waals surface area (Å²) in [5, 5.41) is 0. The maximum absolute atomic E-state index is 10.3. The molecule has 1 atom stereocenters. The van der Waals surface area contributed by atoms with Gasteiger partial charge in [-0.3, -0.25) is 4.79 Å². The van der Waals surface area contributed by atoms with Crippen molar-refractivity contribution in [3.8, 4) is 0 Å². The lowest BCUT2D eigenvalue weighted by Gasteiger charge is -2.02. The van der Waals surface area contributed by atoms with Crippen LogP contribution in [0.3, 0.4) is 0 Å². The molecule has 0 radical (unpaired) electrons. The lowest BCUT2D eigenvalue weighted by Crippen LogP contribution is -2.16. The molecule has 3 nitrogen and oxygen atoms in total. The van der Waals surface area contributed by atoms with Crippen LogP contribution in [0.4, 0.5) is 0 Å². The lowest BCUT2D eigenvalue weighted by atomic mass is 10.3. The van der Waals surface area contributed by atoms with Crippen LogP contribution in [0.15, 0.2) is 0 Å². The number of hydrogen-bond donors (Lipinski definition) is 2. The highest BCUT2D eigenvalue weighted by Gasteiger charge is 1.96. The third kappa shape index (κ3) is 9.78. The van der Waals surface area contributed by atoms with E-state index in [0.717, 1.165) is 17.9 Å². The third-order valence-corrected chi connectivity index (χ3v) is 2.23. The molecule has 0 aliphatic rings. The molecule has 0 aliphatic heterocycles. The van der Waals surface area contributed by atoms with E-state index in [1.807, 2.05) is 6.92 Å². The number of carbonyl (C=O) groups excluding carboxylic acids is 1. The Morgan fingerprint density at radius 2 is 2.18 bits per heavy atom. The Morgan fingerprint density at radius 3 is 2.64 bits per heavy atom. The smallest absolute Gasteiger partial charge is 0.218 e. The van der Waals surface area contributed by atoms with Crippen LogP contribution in [-0.4, -0.2) is 23.5 Å². The van der Waals surface area contributed by atoms with Gasteiger partial charge in [-0.1, -0.05) is 0 Å². The summed E-state index contributed by atoms with van der Waals surface area (Å²) < 4.78 is 0. The van der Waals surface area contributed by atoms with E-state index in [0.29, 0.717) is 6.42 Å². The molecular formula is C7H16N2OS. The van der Waals surface area contributed by atoms with Gasteiger partial charge in [-0.05, 0) is 19.1 Å². The van der Waals surface area contributed by atoms with Crippen molar-refractivity contribution >= 4 is 17.7 Å². The van der Waals surface area contributed by atoms with Gasteiger partial charge in [0.2, 0.25) is 5.91 Å². The first kappa shape index (κ1) is 10.8. The molecule has 0 spiro atoms. The summed E-state index contributed by atoms with van der Waals surface area (Å²) in [6.45, 7) is 1.98. The molecular weight excluding hydrogens is 160 g/mol. The van der Waals surface area contributed by atoms with Crippen molar-refractivity contribution in [2.45, 2.75) is 25.8 Å². The van der Waals surface area contributed by atoms with E-state index in [9.17, 15) is 4.79 Å². The van der Waals surface area contributed by atoms with Crippen LogP contribution in [-0.2, 0) is 4.79 Å². The maximum Gasteiger partial charge on any atom is 0.218 e. The largest absolute Gasteiger partial charge is 0.370 e. The van der Waals surface area contributed by atoms with E-state index in [-0.39, 0.29) is 11.9 Å². The quantitative estimate of drug-likeness (QED) is 0.573. The van der Waals surface area contributed by atoms with Crippen LogP contribution < -0.4 is 11.5 Å². The Morgan fingerprint density at radius 1 is 1.55 bits per heavy atom. The van der Waals surface area contributed by atoms with Gasteiger partial charge in [0, 0.05) is 18.2 Å². The molecule has 11 heavy (non-hydrogen) atoms. The van der Waals surface area contributed by atoms with Gasteiger partial charge in [0.05, 0.1) is 0 Å². The van der Waals surface area contributed by atoms with Crippen LogP contribution in [0, 0.1) is 0 Å². The molecule has 0 aromatic carbocycles. The van der Waals surface area contributed by atoms with Gasteiger partial charge in [0.15, 0.2) is 0 Å². The van der Waals surface area contributed by atoms with Gasteiger partial charge in [-0.25, -0.2) is 0 Å². The summed E-state index contributed by atoms with van der Waals surface area (Å²) in [4.78, 5) is 10.3. The topological polar surface area (TPSA) is 69.1 Å². The van der Waals surface area contributed by atoms with Gasteiger partial charge in [0.1, 0.15) is 0 Å². The average Bonchev–Trinajstić information content (AvgIpc) is 1.85. The molecule has 0 aromatic heterocycles. The highest BCUT2D eigenvalue weighted by molar-refractivity contribution is 7.99. The number of primary amides is 1. The minimum atomic E-state index is -0.224. The van der Waals surface area contributed by atoms with Crippen molar-refractivity contribution < 1.29 is 4.79 Å². The number of hydrogen-bond acceptors (Lipinski definition) is 3. The summed E-state index contributed by atoms with van der Waals surface area (Å²) in [7, 11) is 0. The van der Waals surface area contributed by atoms with Crippen LogP contribution in [0.5, 0.6) is 0 Å². The number of carbonyl (C=O) groups is 1. The third-order valence-electron chi connectivity index (χ3n) is 1.21. The van der Waals surface area contributed by atoms with Crippen LogP contribution >= 0.6 is 11.8 Å². The SMILES string of the molecule is CC(N)CCSCCC(N)=O. The second-order valence-corrected chi connectivity index (χ2v) is 3.82. The van der Waals surface area contributed by atoms with Crippen molar-refractivity contribution in [3.05, 3.63) is 0 Å². The molecule has 0 aliphatic carbocycles. The number of rotatable bonds is 6. The van der Waals surface area contributed by atoms with E-state index >= 15 is 0 Å². The Kier molecular flexibility index (Phi) is 6.36. The van der Waals surface area contributed by atoms with E-state index < -0.39 is 0 Å². The molecule has 0 saturated heterocycles.